The van der Waals surface area contributed by atoms with Crippen LogP contribution in [0.3, 0.4) is 0 Å². The van der Waals surface area contributed by atoms with Crippen LogP contribution in [0.2, 0.25) is 0 Å². The summed E-state index contributed by atoms with van der Waals surface area (Å²) in [4.78, 5) is 42.7. The fourth-order valence-corrected chi connectivity index (χ4v) is 3.50. The second-order valence-corrected chi connectivity index (χ2v) is 7.39. The number of non-ortho nitro benzene ring substituents is 1. The van der Waals surface area contributed by atoms with Crippen molar-refractivity contribution >= 4 is 23.1 Å². The number of Topliss-reactive ketones (excluding diaryl/α,β-unsaturated/α-hetero) is 1. The van der Waals surface area contributed by atoms with Crippen molar-refractivity contribution in [3.63, 3.8) is 0 Å². The molecule has 1 atom stereocenters. The molecule has 3 rings (SSSR count). The summed E-state index contributed by atoms with van der Waals surface area (Å²) < 4.78 is 0. The quantitative estimate of drug-likeness (QED) is 0.230. The molecular formula is C21H23N4O5+. The number of benzene rings is 1. The highest BCUT2D eigenvalue weighted by Gasteiger charge is 2.45. The largest absolute Gasteiger partial charge is 0.507 e. The Morgan fingerprint density at radius 3 is 2.37 bits per heavy atom. The number of carbonyl (C=O) groups excluding carboxylic acids is 2. The summed E-state index contributed by atoms with van der Waals surface area (Å²) in [6.45, 7) is 1.12. The zero-order valence-electron chi connectivity index (χ0n) is 16.7. The molecule has 0 aliphatic carbocycles. The van der Waals surface area contributed by atoms with Crippen LogP contribution in [0.25, 0.3) is 5.76 Å². The number of nitro groups is 1. The minimum atomic E-state index is -0.823. The molecule has 1 aliphatic rings. The lowest BCUT2D eigenvalue weighted by atomic mass is 9.95. The van der Waals surface area contributed by atoms with E-state index >= 15 is 0 Å². The fourth-order valence-electron chi connectivity index (χ4n) is 3.50. The van der Waals surface area contributed by atoms with E-state index in [2.05, 4.69) is 4.98 Å². The van der Waals surface area contributed by atoms with Gasteiger partial charge in [0.25, 0.3) is 17.4 Å². The van der Waals surface area contributed by atoms with Gasteiger partial charge in [0.2, 0.25) is 0 Å². The van der Waals surface area contributed by atoms with Crippen LogP contribution in [-0.2, 0) is 9.59 Å². The lowest BCUT2D eigenvalue weighted by molar-refractivity contribution is -0.858. The SMILES string of the molecule is C[NH+](C)CCCN1C(=O)C(=O)C(=C(O)c2ccncc2)[C@H]1c1ccc([N+](=O)[O-])cc1. The van der Waals surface area contributed by atoms with Crippen LogP contribution in [-0.4, -0.2) is 58.8 Å². The van der Waals surface area contributed by atoms with Gasteiger partial charge in [-0.15, -0.1) is 0 Å². The Morgan fingerprint density at radius 1 is 1.17 bits per heavy atom. The second-order valence-electron chi connectivity index (χ2n) is 7.39. The smallest absolute Gasteiger partial charge is 0.295 e. The molecule has 0 unspecified atom stereocenters. The minimum absolute atomic E-state index is 0.0303. The van der Waals surface area contributed by atoms with Crippen LogP contribution >= 0.6 is 0 Å². The van der Waals surface area contributed by atoms with E-state index in [0.717, 1.165) is 6.54 Å². The lowest BCUT2D eigenvalue weighted by Gasteiger charge is -2.25. The van der Waals surface area contributed by atoms with E-state index in [0.29, 0.717) is 24.1 Å². The Balaban J connectivity index is 2.08. The number of nitrogens with zero attached hydrogens (tertiary/aromatic N) is 3. The number of carbonyl (C=O) groups is 2. The third-order valence-corrected chi connectivity index (χ3v) is 4.99. The number of nitro benzene ring substituents is 1. The third kappa shape index (κ3) is 4.20. The summed E-state index contributed by atoms with van der Waals surface area (Å²) in [7, 11) is 3.98. The van der Waals surface area contributed by atoms with Gasteiger partial charge in [0.05, 0.1) is 37.2 Å². The highest BCUT2D eigenvalue weighted by Crippen LogP contribution is 2.39. The number of hydrogen-bond acceptors (Lipinski definition) is 6. The number of rotatable bonds is 7. The molecule has 1 aromatic heterocycles. The number of likely N-dealkylation sites (tertiary alicyclic amines) is 1. The van der Waals surface area contributed by atoms with Gasteiger partial charge in [0.15, 0.2) is 0 Å². The summed E-state index contributed by atoms with van der Waals surface area (Å²) in [5.74, 6) is -1.76. The van der Waals surface area contributed by atoms with E-state index in [1.807, 2.05) is 14.1 Å². The van der Waals surface area contributed by atoms with Gasteiger partial charge in [0.1, 0.15) is 5.76 Å². The van der Waals surface area contributed by atoms with E-state index in [1.165, 1.54) is 46.5 Å². The first kappa shape index (κ1) is 21.1. The summed E-state index contributed by atoms with van der Waals surface area (Å²) in [5.41, 5.74) is 0.763. The minimum Gasteiger partial charge on any atom is -0.507 e. The normalized spacial score (nSPS) is 18.2. The van der Waals surface area contributed by atoms with Gasteiger partial charge in [-0.05, 0) is 29.8 Å². The molecule has 0 radical (unpaired) electrons. The Kier molecular flexibility index (Phi) is 6.22. The zero-order chi connectivity index (χ0) is 21.8. The third-order valence-electron chi connectivity index (χ3n) is 4.99. The van der Waals surface area contributed by atoms with Gasteiger partial charge in [-0.3, -0.25) is 24.7 Å². The predicted molar refractivity (Wildman–Crippen MR) is 109 cm³/mol. The van der Waals surface area contributed by atoms with E-state index < -0.39 is 22.7 Å². The molecule has 0 spiro atoms. The lowest BCUT2D eigenvalue weighted by Crippen LogP contribution is -3.05. The van der Waals surface area contributed by atoms with Crippen molar-refractivity contribution in [1.29, 1.82) is 0 Å². The zero-order valence-corrected chi connectivity index (χ0v) is 16.7. The van der Waals surface area contributed by atoms with E-state index in [4.69, 9.17) is 0 Å². The number of aromatic nitrogens is 1. The molecule has 1 aliphatic heterocycles. The first-order valence-corrected chi connectivity index (χ1v) is 9.53. The number of amides is 1. The van der Waals surface area contributed by atoms with Crippen LogP contribution in [0.5, 0.6) is 0 Å². The Hall–Kier alpha value is -3.59. The average molecular weight is 411 g/mol. The van der Waals surface area contributed by atoms with E-state index in [1.54, 1.807) is 12.1 Å². The maximum Gasteiger partial charge on any atom is 0.295 e. The van der Waals surface area contributed by atoms with Crippen molar-refractivity contribution in [1.82, 2.24) is 9.88 Å². The molecule has 9 heteroatoms. The summed E-state index contributed by atoms with van der Waals surface area (Å²) in [6.07, 6.45) is 3.62. The monoisotopic (exact) mass is 411 g/mol. The molecule has 2 heterocycles. The summed E-state index contributed by atoms with van der Waals surface area (Å²) in [6, 6.07) is 7.95. The molecule has 1 saturated heterocycles. The van der Waals surface area contributed by atoms with Crippen molar-refractivity contribution in [2.24, 2.45) is 0 Å². The topological polar surface area (TPSA) is 118 Å². The number of pyridine rings is 1. The van der Waals surface area contributed by atoms with Gasteiger partial charge < -0.3 is 14.9 Å². The summed E-state index contributed by atoms with van der Waals surface area (Å²) >= 11 is 0. The molecule has 1 aromatic carbocycles. The van der Waals surface area contributed by atoms with Crippen molar-refractivity contribution in [3.05, 3.63) is 75.6 Å². The van der Waals surface area contributed by atoms with Gasteiger partial charge in [-0.25, -0.2) is 0 Å². The molecule has 1 amide bonds. The molecular weight excluding hydrogens is 388 g/mol. The van der Waals surface area contributed by atoms with Crippen LogP contribution in [0.1, 0.15) is 23.6 Å². The van der Waals surface area contributed by atoms with Gasteiger partial charge in [0, 0.05) is 43.1 Å². The van der Waals surface area contributed by atoms with Gasteiger partial charge in [-0.1, -0.05) is 0 Å². The number of quaternary nitrogens is 1. The average Bonchev–Trinajstić information content (AvgIpc) is 2.98. The number of ketones is 1. The van der Waals surface area contributed by atoms with E-state index in [-0.39, 0.29) is 17.0 Å². The second kappa shape index (κ2) is 8.83. The predicted octanol–water partition coefficient (Wildman–Crippen LogP) is 0.946. The highest BCUT2D eigenvalue weighted by molar-refractivity contribution is 6.46. The molecule has 1 fully saturated rings. The fraction of sp³-hybridized carbons (Fsp3) is 0.286. The highest BCUT2D eigenvalue weighted by atomic mass is 16.6. The maximum atomic E-state index is 12.8. The Labute approximate surface area is 173 Å². The molecule has 0 saturated carbocycles. The number of aliphatic hydroxyl groups is 1. The molecule has 30 heavy (non-hydrogen) atoms. The Bertz CT molecular complexity index is 986. The van der Waals surface area contributed by atoms with Gasteiger partial charge in [-0.2, -0.15) is 0 Å². The number of nitrogens with one attached hydrogen (secondary N) is 1. The maximum absolute atomic E-state index is 12.8. The van der Waals surface area contributed by atoms with Crippen LogP contribution in [0.15, 0.2) is 54.4 Å². The molecule has 0 bridgehead atoms. The molecule has 2 aromatic rings. The van der Waals surface area contributed by atoms with Crippen LogP contribution < -0.4 is 4.90 Å². The number of hydrogen-bond donors (Lipinski definition) is 2. The van der Waals surface area contributed by atoms with Crippen molar-refractivity contribution in [2.75, 3.05) is 27.2 Å². The first-order chi connectivity index (χ1) is 14.3. The summed E-state index contributed by atoms with van der Waals surface area (Å²) in [5, 5.41) is 21.8. The van der Waals surface area contributed by atoms with Gasteiger partial charge >= 0.3 is 0 Å². The van der Waals surface area contributed by atoms with Crippen molar-refractivity contribution < 1.29 is 24.5 Å². The Morgan fingerprint density at radius 2 is 1.80 bits per heavy atom. The number of aliphatic hydroxyl groups excluding tert-OH is 1. The van der Waals surface area contributed by atoms with Crippen LogP contribution in [0.4, 0.5) is 5.69 Å². The molecule has 156 valence electrons. The molecule has 2 N–H and O–H groups in total. The van der Waals surface area contributed by atoms with E-state index in [9.17, 15) is 24.8 Å². The van der Waals surface area contributed by atoms with Crippen molar-refractivity contribution in [2.45, 2.75) is 12.5 Å². The first-order valence-electron chi connectivity index (χ1n) is 9.53. The molecule has 9 nitrogen and oxygen atoms in total. The van der Waals surface area contributed by atoms with Crippen molar-refractivity contribution in [3.8, 4) is 0 Å². The van der Waals surface area contributed by atoms with Crippen LogP contribution in [0, 0.1) is 10.1 Å². The standard InChI is InChI=1S/C21H22N4O5/c1-23(2)12-3-13-24-18(14-4-6-16(7-5-14)25(29)30)17(20(27)21(24)28)19(26)15-8-10-22-11-9-15/h4-11,18,26H,3,12-13H2,1-2H3/p+1/t18-/m1/s1.